The third-order valence-electron chi connectivity index (χ3n) is 1.63. The van der Waals surface area contributed by atoms with Gasteiger partial charge in [0.15, 0.2) is 0 Å². The molecule has 1 aromatic rings. The van der Waals surface area contributed by atoms with Crippen molar-refractivity contribution in [3.8, 4) is 0 Å². The second-order valence-electron chi connectivity index (χ2n) is 2.85. The van der Waals surface area contributed by atoms with E-state index < -0.39 is 0 Å². The van der Waals surface area contributed by atoms with Crippen molar-refractivity contribution in [3.63, 3.8) is 0 Å². The molecule has 14 heavy (non-hydrogen) atoms. The lowest BCUT2D eigenvalue weighted by Crippen LogP contribution is -2.04. The Labute approximate surface area is 88.8 Å². The molecule has 0 aliphatic heterocycles. The molecule has 0 atom stereocenters. The van der Waals surface area contributed by atoms with Gasteiger partial charge in [0.1, 0.15) is 5.01 Å². The predicted molar refractivity (Wildman–Crippen MR) is 59.3 cm³/mol. The van der Waals surface area contributed by atoms with Gasteiger partial charge in [-0.25, -0.2) is 4.98 Å². The molecule has 1 heterocycles. The lowest BCUT2D eigenvalue weighted by atomic mass is 10.5. The minimum atomic E-state index is 0.602. The predicted octanol–water partition coefficient (Wildman–Crippen LogP) is 1.96. The molecule has 1 aromatic heterocycles. The fraction of sp³-hybridized carbons (Fsp3) is 0.500. The second kappa shape index (κ2) is 6.70. The molecule has 0 fully saturated rings. The lowest BCUT2D eigenvalue weighted by molar-refractivity contribution is 0.146. The van der Waals surface area contributed by atoms with Crippen LogP contribution in [0.25, 0.3) is 0 Å². The Balaban J connectivity index is 2.28. The Morgan fingerprint density at radius 1 is 1.64 bits per heavy atom. The van der Waals surface area contributed by atoms with Gasteiger partial charge in [-0.15, -0.1) is 11.3 Å². The first-order valence-electron chi connectivity index (χ1n) is 4.63. The van der Waals surface area contributed by atoms with Crippen molar-refractivity contribution in [3.05, 3.63) is 28.2 Å². The highest BCUT2D eigenvalue weighted by Crippen LogP contribution is 2.10. The summed E-state index contributed by atoms with van der Waals surface area (Å²) in [5.74, 6) is 0. The van der Waals surface area contributed by atoms with E-state index in [0.717, 1.165) is 17.2 Å². The van der Waals surface area contributed by atoms with Gasteiger partial charge in [0.2, 0.25) is 0 Å². The maximum atomic E-state index is 5.39. The summed E-state index contributed by atoms with van der Waals surface area (Å²) in [5, 5.41) is 6.22. The molecule has 0 aliphatic rings. The molecule has 0 saturated carbocycles. The van der Waals surface area contributed by atoms with E-state index in [0.29, 0.717) is 13.2 Å². The van der Waals surface area contributed by atoms with Gasteiger partial charge in [0.05, 0.1) is 18.9 Å². The lowest BCUT2D eigenvalue weighted by Gasteiger charge is -1.96. The maximum Gasteiger partial charge on any atom is 0.107 e. The van der Waals surface area contributed by atoms with Gasteiger partial charge >= 0.3 is 0 Å². The van der Waals surface area contributed by atoms with Crippen molar-refractivity contribution in [2.75, 3.05) is 13.7 Å². The van der Waals surface area contributed by atoms with Crippen LogP contribution in [-0.4, -0.2) is 18.6 Å². The monoisotopic (exact) mass is 212 g/mol. The van der Waals surface area contributed by atoms with Crippen molar-refractivity contribution in [2.45, 2.75) is 20.1 Å². The molecule has 0 unspecified atom stereocenters. The van der Waals surface area contributed by atoms with Crippen LogP contribution in [0.4, 0.5) is 0 Å². The Morgan fingerprint density at radius 2 is 2.50 bits per heavy atom. The highest BCUT2D eigenvalue weighted by Gasteiger charge is 1.99. The number of hydrogen-bond acceptors (Lipinski definition) is 4. The van der Waals surface area contributed by atoms with E-state index in [4.69, 9.17) is 4.74 Å². The molecule has 0 spiro atoms. The molecule has 0 radical (unpaired) electrons. The minimum Gasteiger partial charge on any atom is -0.371 e. The minimum absolute atomic E-state index is 0.602. The van der Waals surface area contributed by atoms with Crippen LogP contribution in [-0.2, 0) is 17.9 Å². The zero-order chi connectivity index (χ0) is 10.2. The second-order valence-corrected chi connectivity index (χ2v) is 3.79. The Morgan fingerprint density at radius 3 is 3.21 bits per heavy atom. The number of aromatic nitrogens is 1. The third kappa shape index (κ3) is 4.00. The fourth-order valence-electron chi connectivity index (χ4n) is 0.975. The van der Waals surface area contributed by atoms with E-state index in [-0.39, 0.29) is 0 Å². The van der Waals surface area contributed by atoms with Crippen molar-refractivity contribution < 1.29 is 4.74 Å². The number of nitrogens with zero attached hydrogens (tertiary/aromatic N) is 1. The summed E-state index contributed by atoms with van der Waals surface area (Å²) in [4.78, 5) is 4.40. The summed E-state index contributed by atoms with van der Waals surface area (Å²) in [7, 11) is 1.92. The van der Waals surface area contributed by atoms with Gasteiger partial charge in [0, 0.05) is 11.9 Å². The van der Waals surface area contributed by atoms with Crippen LogP contribution in [0.5, 0.6) is 0 Å². The Kier molecular flexibility index (Phi) is 5.44. The van der Waals surface area contributed by atoms with Gasteiger partial charge < -0.3 is 10.1 Å². The van der Waals surface area contributed by atoms with E-state index in [1.165, 1.54) is 0 Å². The summed E-state index contributed by atoms with van der Waals surface area (Å²) in [5.41, 5.74) is 1.02. The fourth-order valence-corrected chi connectivity index (χ4v) is 1.77. The number of rotatable bonds is 6. The first kappa shape index (κ1) is 11.4. The van der Waals surface area contributed by atoms with Crippen molar-refractivity contribution in [2.24, 2.45) is 0 Å². The number of ether oxygens (including phenoxy) is 1. The molecule has 1 N–H and O–H groups in total. The summed E-state index contributed by atoms with van der Waals surface area (Å²) < 4.78 is 5.39. The van der Waals surface area contributed by atoms with Crippen LogP contribution in [0.3, 0.4) is 0 Å². The smallest absolute Gasteiger partial charge is 0.107 e. The van der Waals surface area contributed by atoms with Gasteiger partial charge in [0.25, 0.3) is 0 Å². The highest BCUT2D eigenvalue weighted by atomic mass is 32.1. The van der Waals surface area contributed by atoms with Crippen LogP contribution in [0.15, 0.2) is 17.5 Å². The summed E-state index contributed by atoms with van der Waals surface area (Å²) in [6.45, 7) is 4.08. The quantitative estimate of drug-likeness (QED) is 0.578. The first-order chi connectivity index (χ1) is 6.86. The number of allylic oxidation sites excluding steroid dienone is 1. The number of hydrogen-bond donors (Lipinski definition) is 1. The highest BCUT2D eigenvalue weighted by molar-refractivity contribution is 7.09. The molecule has 0 amide bonds. The molecule has 0 bridgehead atoms. The van der Waals surface area contributed by atoms with E-state index in [9.17, 15) is 0 Å². The van der Waals surface area contributed by atoms with Crippen molar-refractivity contribution >= 4 is 11.3 Å². The molecular weight excluding hydrogens is 196 g/mol. The zero-order valence-corrected chi connectivity index (χ0v) is 9.43. The Bertz CT molecular complexity index is 283. The van der Waals surface area contributed by atoms with Gasteiger partial charge in [-0.05, 0) is 14.0 Å². The normalized spacial score (nSPS) is 11.3. The maximum absolute atomic E-state index is 5.39. The SMILES string of the molecule is CC=CCOCc1csc(CNC)n1. The molecule has 0 saturated heterocycles. The Hall–Kier alpha value is -0.710. The topological polar surface area (TPSA) is 34.1 Å². The van der Waals surface area contributed by atoms with Crippen LogP contribution in [0.2, 0.25) is 0 Å². The number of thiazole rings is 1. The third-order valence-corrected chi connectivity index (χ3v) is 2.52. The molecule has 0 aromatic carbocycles. The standard InChI is InChI=1S/C10H16N2OS/c1-3-4-5-13-7-9-8-14-10(12-9)6-11-2/h3-4,8,11H,5-7H2,1-2H3. The van der Waals surface area contributed by atoms with Crippen LogP contribution < -0.4 is 5.32 Å². The summed E-state index contributed by atoms with van der Waals surface area (Å²) in [6, 6.07) is 0. The molecule has 1 rings (SSSR count). The summed E-state index contributed by atoms with van der Waals surface area (Å²) in [6.07, 6.45) is 3.97. The van der Waals surface area contributed by atoms with Crippen LogP contribution in [0.1, 0.15) is 17.6 Å². The zero-order valence-electron chi connectivity index (χ0n) is 8.62. The van der Waals surface area contributed by atoms with E-state index in [1.807, 2.05) is 31.5 Å². The summed E-state index contributed by atoms with van der Waals surface area (Å²) >= 11 is 1.67. The van der Waals surface area contributed by atoms with E-state index >= 15 is 0 Å². The molecular formula is C10H16N2OS. The van der Waals surface area contributed by atoms with E-state index in [1.54, 1.807) is 11.3 Å². The average molecular weight is 212 g/mol. The molecule has 0 aliphatic carbocycles. The van der Waals surface area contributed by atoms with Crippen molar-refractivity contribution in [1.82, 2.24) is 10.3 Å². The van der Waals surface area contributed by atoms with Crippen LogP contribution >= 0.6 is 11.3 Å². The van der Waals surface area contributed by atoms with Gasteiger partial charge in [-0.1, -0.05) is 12.2 Å². The molecule has 78 valence electrons. The molecule has 3 nitrogen and oxygen atoms in total. The average Bonchev–Trinajstić information content (AvgIpc) is 2.61. The number of nitrogens with one attached hydrogen (secondary N) is 1. The molecule has 4 heteroatoms. The largest absolute Gasteiger partial charge is 0.371 e. The first-order valence-corrected chi connectivity index (χ1v) is 5.51. The van der Waals surface area contributed by atoms with Gasteiger partial charge in [-0.2, -0.15) is 0 Å². The van der Waals surface area contributed by atoms with Crippen LogP contribution in [0, 0.1) is 0 Å². The van der Waals surface area contributed by atoms with Gasteiger partial charge in [-0.3, -0.25) is 0 Å². The van der Waals surface area contributed by atoms with Crippen molar-refractivity contribution in [1.29, 1.82) is 0 Å². The van der Waals surface area contributed by atoms with E-state index in [2.05, 4.69) is 10.3 Å².